The zero-order valence-electron chi connectivity index (χ0n) is 12.1. The fourth-order valence-electron chi connectivity index (χ4n) is 2.03. The van der Waals surface area contributed by atoms with E-state index < -0.39 is 11.8 Å². The van der Waals surface area contributed by atoms with Crippen LogP contribution >= 0.6 is 0 Å². The average Bonchev–Trinajstić information content (AvgIpc) is 2.45. The van der Waals surface area contributed by atoms with E-state index >= 15 is 0 Å². The molecule has 0 aliphatic heterocycles. The lowest BCUT2D eigenvalue weighted by atomic mass is 10.0. The van der Waals surface area contributed by atoms with Crippen molar-refractivity contribution in [1.29, 1.82) is 0 Å². The van der Waals surface area contributed by atoms with Crippen LogP contribution in [-0.2, 0) is 6.54 Å². The van der Waals surface area contributed by atoms with E-state index in [1.54, 1.807) is 6.07 Å². The van der Waals surface area contributed by atoms with Crippen LogP contribution in [0.3, 0.4) is 0 Å². The molecule has 0 unspecified atom stereocenters. The van der Waals surface area contributed by atoms with Gasteiger partial charge in [-0.1, -0.05) is 32.0 Å². The van der Waals surface area contributed by atoms with Gasteiger partial charge in [-0.2, -0.15) is 0 Å². The van der Waals surface area contributed by atoms with Gasteiger partial charge in [-0.05, 0) is 41.3 Å². The van der Waals surface area contributed by atoms with Crippen molar-refractivity contribution in [2.75, 3.05) is 5.32 Å². The summed E-state index contributed by atoms with van der Waals surface area (Å²) in [5, 5.41) is 12.0. The molecular formula is C17H18FNO2. The molecule has 0 aliphatic carbocycles. The Balaban J connectivity index is 2.03. The van der Waals surface area contributed by atoms with Crippen molar-refractivity contribution in [3.05, 3.63) is 65.0 Å². The number of carbonyl (C=O) groups is 1. The largest absolute Gasteiger partial charge is 0.478 e. The first-order valence-corrected chi connectivity index (χ1v) is 6.83. The van der Waals surface area contributed by atoms with E-state index in [0.717, 1.165) is 5.69 Å². The van der Waals surface area contributed by atoms with Crippen LogP contribution in [-0.4, -0.2) is 11.1 Å². The number of rotatable bonds is 5. The Hall–Kier alpha value is -2.36. The van der Waals surface area contributed by atoms with Gasteiger partial charge in [0, 0.05) is 12.2 Å². The second-order valence-electron chi connectivity index (χ2n) is 5.25. The Morgan fingerprint density at radius 2 is 1.86 bits per heavy atom. The second-order valence-corrected chi connectivity index (χ2v) is 5.25. The minimum atomic E-state index is -1.25. The van der Waals surface area contributed by atoms with Crippen molar-refractivity contribution >= 4 is 11.7 Å². The molecule has 0 heterocycles. The number of hydrogen-bond donors (Lipinski definition) is 2. The molecule has 0 saturated carbocycles. The van der Waals surface area contributed by atoms with Crippen molar-refractivity contribution in [2.24, 2.45) is 0 Å². The summed E-state index contributed by atoms with van der Waals surface area (Å²) in [5.74, 6) is -1.48. The Labute approximate surface area is 123 Å². The van der Waals surface area contributed by atoms with Crippen LogP contribution in [0.4, 0.5) is 10.1 Å². The SMILES string of the molecule is CC(C)c1ccc(NCc2ccc(C(=O)O)c(F)c2)cc1. The predicted molar refractivity (Wildman–Crippen MR) is 81.2 cm³/mol. The lowest BCUT2D eigenvalue weighted by Crippen LogP contribution is -2.04. The first kappa shape index (κ1) is 15.0. The number of aromatic carboxylic acids is 1. The van der Waals surface area contributed by atoms with Gasteiger partial charge in [-0.3, -0.25) is 0 Å². The van der Waals surface area contributed by atoms with Crippen LogP contribution < -0.4 is 5.32 Å². The van der Waals surface area contributed by atoms with Crippen LogP contribution in [0.2, 0.25) is 0 Å². The zero-order valence-corrected chi connectivity index (χ0v) is 12.1. The smallest absolute Gasteiger partial charge is 0.338 e. The van der Waals surface area contributed by atoms with E-state index in [2.05, 4.69) is 31.3 Å². The molecule has 0 amide bonds. The maximum Gasteiger partial charge on any atom is 0.338 e. The topological polar surface area (TPSA) is 49.3 Å². The highest BCUT2D eigenvalue weighted by atomic mass is 19.1. The number of benzene rings is 2. The zero-order chi connectivity index (χ0) is 15.4. The van der Waals surface area contributed by atoms with Crippen molar-refractivity contribution in [3.63, 3.8) is 0 Å². The summed E-state index contributed by atoms with van der Waals surface area (Å²) in [5.41, 5.74) is 2.60. The molecule has 0 radical (unpaired) electrons. The van der Waals surface area contributed by atoms with Crippen LogP contribution in [0.1, 0.15) is 41.3 Å². The molecule has 0 aromatic heterocycles. The molecule has 0 aliphatic rings. The Bertz CT molecular complexity index is 636. The summed E-state index contributed by atoms with van der Waals surface area (Å²) in [6.45, 7) is 4.71. The fraction of sp³-hybridized carbons (Fsp3) is 0.235. The van der Waals surface area contributed by atoms with E-state index in [-0.39, 0.29) is 5.56 Å². The summed E-state index contributed by atoms with van der Waals surface area (Å²) in [7, 11) is 0. The minimum Gasteiger partial charge on any atom is -0.478 e. The van der Waals surface area contributed by atoms with Gasteiger partial charge in [0.25, 0.3) is 0 Å². The molecular weight excluding hydrogens is 269 g/mol. The lowest BCUT2D eigenvalue weighted by molar-refractivity contribution is 0.0692. The lowest BCUT2D eigenvalue weighted by Gasteiger charge is -2.10. The summed E-state index contributed by atoms with van der Waals surface area (Å²) >= 11 is 0. The fourth-order valence-corrected chi connectivity index (χ4v) is 2.03. The van der Waals surface area contributed by atoms with E-state index in [4.69, 9.17) is 5.11 Å². The van der Waals surface area contributed by atoms with E-state index in [9.17, 15) is 9.18 Å². The highest BCUT2D eigenvalue weighted by Crippen LogP contribution is 2.18. The van der Waals surface area contributed by atoms with Gasteiger partial charge in [-0.25, -0.2) is 9.18 Å². The third kappa shape index (κ3) is 3.81. The Morgan fingerprint density at radius 1 is 1.19 bits per heavy atom. The van der Waals surface area contributed by atoms with Gasteiger partial charge >= 0.3 is 5.97 Å². The number of nitrogens with one attached hydrogen (secondary N) is 1. The van der Waals surface area contributed by atoms with Crippen LogP contribution in [0, 0.1) is 5.82 Å². The number of carboxylic acids is 1. The standard InChI is InChI=1S/C17H18FNO2/c1-11(2)13-4-6-14(7-5-13)19-10-12-3-8-15(17(20)21)16(18)9-12/h3-9,11,19H,10H2,1-2H3,(H,20,21). The van der Waals surface area contributed by atoms with Crippen molar-refractivity contribution < 1.29 is 14.3 Å². The maximum absolute atomic E-state index is 13.6. The summed E-state index contributed by atoms with van der Waals surface area (Å²) in [6.07, 6.45) is 0. The second kappa shape index (κ2) is 6.39. The molecule has 0 fully saturated rings. The molecule has 0 saturated heterocycles. The maximum atomic E-state index is 13.6. The van der Waals surface area contributed by atoms with Gasteiger partial charge in [0.15, 0.2) is 0 Å². The highest BCUT2D eigenvalue weighted by Gasteiger charge is 2.10. The van der Waals surface area contributed by atoms with Gasteiger partial charge < -0.3 is 10.4 Å². The van der Waals surface area contributed by atoms with Crippen LogP contribution in [0.15, 0.2) is 42.5 Å². The molecule has 0 spiro atoms. The summed E-state index contributed by atoms with van der Waals surface area (Å²) < 4.78 is 13.6. The third-order valence-electron chi connectivity index (χ3n) is 3.34. The number of carboxylic acid groups (broad SMARTS) is 1. The molecule has 0 bridgehead atoms. The molecule has 3 nitrogen and oxygen atoms in total. The number of anilines is 1. The molecule has 2 N–H and O–H groups in total. The van der Waals surface area contributed by atoms with Gasteiger partial charge in [-0.15, -0.1) is 0 Å². The molecule has 0 atom stereocenters. The van der Waals surface area contributed by atoms with Gasteiger partial charge in [0.05, 0.1) is 5.56 Å². The highest BCUT2D eigenvalue weighted by molar-refractivity contribution is 5.87. The summed E-state index contributed by atoms with van der Waals surface area (Å²) in [6, 6.07) is 12.2. The Kier molecular flexibility index (Phi) is 4.58. The molecule has 2 rings (SSSR count). The van der Waals surface area contributed by atoms with Crippen molar-refractivity contribution in [1.82, 2.24) is 0 Å². The quantitative estimate of drug-likeness (QED) is 0.864. The first-order chi connectivity index (χ1) is 9.97. The third-order valence-corrected chi connectivity index (χ3v) is 3.34. The molecule has 21 heavy (non-hydrogen) atoms. The average molecular weight is 287 g/mol. The predicted octanol–water partition coefficient (Wildman–Crippen LogP) is 4.26. The molecule has 4 heteroatoms. The van der Waals surface area contributed by atoms with Crippen LogP contribution in [0.5, 0.6) is 0 Å². The number of hydrogen-bond acceptors (Lipinski definition) is 2. The van der Waals surface area contributed by atoms with Gasteiger partial charge in [0.2, 0.25) is 0 Å². The van der Waals surface area contributed by atoms with Crippen LogP contribution in [0.25, 0.3) is 0 Å². The van der Waals surface area contributed by atoms with E-state index in [1.165, 1.54) is 17.7 Å². The van der Waals surface area contributed by atoms with E-state index in [0.29, 0.717) is 18.0 Å². The molecule has 2 aromatic rings. The molecule has 2 aromatic carbocycles. The van der Waals surface area contributed by atoms with Crippen molar-refractivity contribution in [3.8, 4) is 0 Å². The molecule has 110 valence electrons. The van der Waals surface area contributed by atoms with E-state index in [1.807, 2.05) is 12.1 Å². The minimum absolute atomic E-state index is 0.306. The normalized spacial score (nSPS) is 10.7. The number of halogens is 1. The summed E-state index contributed by atoms with van der Waals surface area (Å²) in [4.78, 5) is 10.7. The monoisotopic (exact) mass is 287 g/mol. The van der Waals surface area contributed by atoms with Gasteiger partial charge in [0.1, 0.15) is 5.82 Å². The van der Waals surface area contributed by atoms with Crippen molar-refractivity contribution in [2.45, 2.75) is 26.3 Å². The Morgan fingerprint density at radius 3 is 2.38 bits per heavy atom. The first-order valence-electron chi connectivity index (χ1n) is 6.83.